The summed E-state index contributed by atoms with van der Waals surface area (Å²) in [6.45, 7) is 0.396. The lowest BCUT2D eigenvalue weighted by Gasteiger charge is -2.21. The molecule has 1 amide bonds. The van der Waals surface area contributed by atoms with Crippen molar-refractivity contribution in [1.82, 2.24) is 25.9 Å². The Kier molecular flexibility index (Phi) is 6.24. The predicted molar refractivity (Wildman–Crippen MR) is 118 cm³/mol. The lowest BCUT2D eigenvalue weighted by Crippen LogP contribution is -2.26. The smallest absolute Gasteiger partial charge is 0.255 e. The van der Waals surface area contributed by atoms with E-state index in [4.69, 9.17) is 11.6 Å². The second-order valence-electron chi connectivity index (χ2n) is 7.01. The topological polar surface area (TPSA) is 104 Å². The van der Waals surface area contributed by atoms with Crippen molar-refractivity contribution in [3.63, 3.8) is 0 Å². The van der Waals surface area contributed by atoms with Crippen LogP contribution in [0.2, 0.25) is 5.02 Å². The molecule has 0 aliphatic carbocycles. The summed E-state index contributed by atoms with van der Waals surface area (Å²) in [6, 6.07) is 22.0. The number of aromatic amines is 1. The number of aromatic hydroxyl groups is 1. The number of carbonyl (C=O) groups is 1. The van der Waals surface area contributed by atoms with E-state index in [-0.39, 0.29) is 23.1 Å². The Bertz CT molecular complexity index is 1170. The molecular weight excluding hydrogens is 414 g/mol. The van der Waals surface area contributed by atoms with E-state index in [2.05, 4.69) is 25.9 Å². The molecule has 4 rings (SSSR count). The van der Waals surface area contributed by atoms with E-state index < -0.39 is 0 Å². The molecule has 0 saturated carbocycles. The SMILES string of the molecule is O=C(NCCC(c1ccccc1)c1cc(Cl)ccc1-c1nnn[nH]1)c1ccccc1O. The number of para-hydroxylation sites is 1. The van der Waals surface area contributed by atoms with E-state index in [1.165, 1.54) is 6.07 Å². The van der Waals surface area contributed by atoms with Crippen LogP contribution in [-0.4, -0.2) is 38.2 Å². The molecule has 0 radical (unpaired) electrons. The van der Waals surface area contributed by atoms with Crippen LogP contribution in [0.1, 0.15) is 33.8 Å². The molecule has 31 heavy (non-hydrogen) atoms. The van der Waals surface area contributed by atoms with Gasteiger partial charge >= 0.3 is 0 Å². The standard InChI is InChI=1S/C23H20ClN5O2/c24-16-10-11-18(22-26-28-29-27-22)20(14-16)17(15-6-2-1-3-7-15)12-13-25-23(31)19-8-4-5-9-21(19)30/h1-11,14,17,30H,12-13H2,(H,25,31)(H,26,27,28,29). The second kappa shape index (κ2) is 9.40. The average molecular weight is 434 g/mol. The largest absolute Gasteiger partial charge is 0.507 e. The van der Waals surface area contributed by atoms with Gasteiger partial charge in [-0.3, -0.25) is 4.79 Å². The zero-order chi connectivity index (χ0) is 21.6. The predicted octanol–water partition coefficient (Wildman–Crippen LogP) is 4.18. The molecule has 0 aliphatic rings. The number of nitrogens with zero attached hydrogens (tertiary/aromatic N) is 3. The molecule has 1 atom stereocenters. The minimum absolute atomic E-state index is 0.0467. The number of tetrazole rings is 1. The number of rotatable bonds is 7. The van der Waals surface area contributed by atoms with E-state index in [0.717, 1.165) is 16.7 Å². The molecule has 0 bridgehead atoms. The number of benzene rings is 3. The van der Waals surface area contributed by atoms with E-state index in [0.29, 0.717) is 23.8 Å². The first-order chi connectivity index (χ1) is 15.1. The van der Waals surface area contributed by atoms with Crippen molar-refractivity contribution in [2.24, 2.45) is 0 Å². The van der Waals surface area contributed by atoms with Gasteiger partial charge in [-0.05, 0) is 58.3 Å². The third-order valence-electron chi connectivity index (χ3n) is 5.06. The van der Waals surface area contributed by atoms with Gasteiger partial charge in [-0.2, -0.15) is 0 Å². The number of amides is 1. The first-order valence-electron chi connectivity index (χ1n) is 9.78. The van der Waals surface area contributed by atoms with Crippen LogP contribution in [0.3, 0.4) is 0 Å². The fourth-order valence-corrected chi connectivity index (χ4v) is 3.77. The summed E-state index contributed by atoms with van der Waals surface area (Å²) in [6.07, 6.45) is 0.609. The van der Waals surface area contributed by atoms with Crippen LogP contribution in [0, 0.1) is 0 Å². The highest BCUT2D eigenvalue weighted by molar-refractivity contribution is 6.30. The number of nitrogens with one attached hydrogen (secondary N) is 2. The highest BCUT2D eigenvalue weighted by Gasteiger charge is 2.21. The zero-order valence-corrected chi connectivity index (χ0v) is 17.3. The minimum Gasteiger partial charge on any atom is -0.507 e. The quantitative estimate of drug-likeness (QED) is 0.405. The van der Waals surface area contributed by atoms with Crippen molar-refractivity contribution in [2.75, 3.05) is 6.54 Å². The number of phenolic OH excluding ortho intramolecular Hbond substituents is 1. The van der Waals surface area contributed by atoms with Crippen LogP contribution in [0.4, 0.5) is 0 Å². The maximum Gasteiger partial charge on any atom is 0.255 e. The van der Waals surface area contributed by atoms with Crippen molar-refractivity contribution in [3.8, 4) is 17.1 Å². The summed E-state index contributed by atoms with van der Waals surface area (Å²) in [5.74, 6) is 0.112. The molecule has 0 fully saturated rings. The molecular formula is C23H20ClN5O2. The van der Waals surface area contributed by atoms with Crippen molar-refractivity contribution in [2.45, 2.75) is 12.3 Å². The Labute approximate surface area is 184 Å². The van der Waals surface area contributed by atoms with E-state index in [1.807, 2.05) is 42.5 Å². The number of hydrogen-bond donors (Lipinski definition) is 3. The Balaban J connectivity index is 1.62. The lowest BCUT2D eigenvalue weighted by atomic mass is 9.85. The molecule has 4 aromatic rings. The molecule has 1 aromatic heterocycles. The van der Waals surface area contributed by atoms with E-state index >= 15 is 0 Å². The first kappa shape index (κ1) is 20.6. The molecule has 3 N–H and O–H groups in total. The molecule has 0 spiro atoms. The van der Waals surface area contributed by atoms with Gasteiger partial charge < -0.3 is 10.4 Å². The average Bonchev–Trinajstić information content (AvgIpc) is 3.32. The summed E-state index contributed by atoms with van der Waals surface area (Å²) < 4.78 is 0. The van der Waals surface area contributed by atoms with E-state index in [9.17, 15) is 9.90 Å². The molecule has 7 nitrogen and oxygen atoms in total. The number of halogens is 1. The lowest BCUT2D eigenvalue weighted by molar-refractivity contribution is 0.0950. The van der Waals surface area contributed by atoms with Gasteiger partial charge in [0.1, 0.15) is 5.75 Å². The maximum absolute atomic E-state index is 12.5. The maximum atomic E-state index is 12.5. The van der Waals surface area contributed by atoms with Gasteiger partial charge in [0, 0.05) is 23.0 Å². The number of aromatic nitrogens is 4. The summed E-state index contributed by atoms with van der Waals surface area (Å²) in [5.41, 5.74) is 3.12. The number of carbonyl (C=O) groups excluding carboxylic acids is 1. The number of H-pyrrole nitrogens is 1. The van der Waals surface area contributed by atoms with Crippen molar-refractivity contribution in [3.05, 3.63) is 94.5 Å². The van der Waals surface area contributed by atoms with Gasteiger partial charge in [-0.1, -0.05) is 54.1 Å². The fraction of sp³-hybridized carbons (Fsp3) is 0.130. The highest BCUT2D eigenvalue weighted by atomic mass is 35.5. The minimum atomic E-state index is -0.323. The molecule has 0 saturated heterocycles. The Morgan fingerprint density at radius 3 is 2.58 bits per heavy atom. The third kappa shape index (κ3) is 4.73. The monoisotopic (exact) mass is 433 g/mol. The summed E-state index contributed by atoms with van der Waals surface area (Å²) >= 11 is 6.33. The molecule has 1 heterocycles. The number of phenols is 1. The highest BCUT2D eigenvalue weighted by Crippen LogP contribution is 2.35. The van der Waals surface area contributed by atoms with Crippen molar-refractivity contribution < 1.29 is 9.90 Å². The van der Waals surface area contributed by atoms with Crippen LogP contribution >= 0.6 is 11.6 Å². The van der Waals surface area contributed by atoms with Crippen molar-refractivity contribution >= 4 is 17.5 Å². The van der Waals surface area contributed by atoms with Gasteiger partial charge in [-0.25, -0.2) is 5.10 Å². The third-order valence-corrected chi connectivity index (χ3v) is 5.29. The first-order valence-corrected chi connectivity index (χ1v) is 10.2. The van der Waals surface area contributed by atoms with Gasteiger partial charge in [-0.15, -0.1) is 5.10 Å². The molecule has 1 unspecified atom stereocenters. The van der Waals surface area contributed by atoms with Gasteiger partial charge in [0.25, 0.3) is 5.91 Å². The van der Waals surface area contributed by atoms with Crippen molar-refractivity contribution in [1.29, 1.82) is 0 Å². The van der Waals surface area contributed by atoms with Crippen LogP contribution in [0.15, 0.2) is 72.8 Å². The molecule has 3 aromatic carbocycles. The van der Waals surface area contributed by atoms with Gasteiger partial charge in [0.15, 0.2) is 5.82 Å². The van der Waals surface area contributed by atoms with Gasteiger partial charge in [0.2, 0.25) is 0 Å². The van der Waals surface area contributed by atoms with Crippen LogP contribution in [0.25, 0.3) is 11.4 Å². The van der Waals surface area contributed by atoms with Crippen LogP contribution in [-0.2, 0) is 0 Å². The Morgan fingerprint density at radius 2 is 1.84 bits per heavy atom. The van der Waals surface area contributed by atoms with Gasteiger partial charge in [0.05, 0.1) is 5.56 Å². The summed E-state index contributed by atoms with van der Waals surface area (Å²) in [5, 5.41) is 27.7. The summed E-state index contributed by atoms with van der Waals surface area (Å²) in [4.78, 5) is 12.5. The second-order valence-corrected chi connectivity index (χ2v) is 7.44. The normalized spacial score (nSPS) is 11.8. The van der Waals surface area contributed by atoms with Crippen LogP contribution < -0.4 is 5.32 Å². The molecule has 156 valence electrons. The van der Waals surface area contributed by atoms with Crippen LogP contribution in [0.5, 0.6) is 5.75 Å². The Morgan fingerprint density at radius 1 is 1.06 bits per heavy atom. The number of hydrogen-bond acceptors (Lipinski definition) is 5. The Hall–Kier alpha value is -3.71. The zero-order valence-electron chi connectivity index (χ0n) is 16.5. The molecule has 8 heteroatoms. The fourth-order valence-electron chi connectivity index (χ4n) is 3.59. The molecule has 0 aliphatic heterocycles. The van der Waals surface area contributed by atoms with E-state index in [1.54, 1.807) is 24.3 Å². The summed E-state index contributed by atoms with van der Waals surface area (Å²) in [7, 11) is 0.